The number of nitrogens with one attached hydrogen (secondary N) is 2. The fraction of sp³-hybridized carbons (Fsp3) is 0.417. The standard InChI is InChI=1S/C12H12F4N2O.ClH/c13-10(14)12(15,16)11(19)18-8-3-4-9-7(6-8)2-1-5-17-9;/h3-4,6,10,17H,1-2,5H2,(H,18,19);1H. The van der Waals surface area contributed by atoms with E-state index in [0.717, 1.165) is 30.6 Å². The molecule has 1 aliphatic rings. The van der Waals surface area contributed by atoms with Gasteiger partial charge in [-0.15, -0.1) is 12.4 Å². The minimum absolute atomic E-state index is 0. The Hall–Kier alpha value is -1.50. The maximum absolute atomic E-state index is 12.8. The van der Waals surface area contributed by atoms with Crippen LogP contribution in [0.1, 0.15) is 12.0 Å². The summed E-state index contributed by atoms with van der Waals surface area (Å²) in [5.74, 6) is -6.68. The Kier molecular flexibility index (Phi) is 5.21. The molecule has 1 aliphatic heterocycles. The summed E-state index contributed by atoms with van der Waals surface area (Å²) < 4.78 is 49.6. The number of amides is 1. The molecular formula is C12H13ClF4N2O. The van der Waals surface area contributed by atoms with Crippen molar-refractivity contribution < 1.29 is 22.4 Å². The van der Waals surface area contributed by atoms with Crippen LogP contribution in [0.3, 0.4) is 0 Å². The van der Waals surface area contributed by atoms with Crippen molar-refractivity contribution in [3.8, 4) is 0 Å². The summed E-state index contributed by atoms with van der Waals surface area (Å²) in [6.07, 6.45) is -2.39. The number of alkyl halides is 4. The number of carbonyl (C=O) groups excluding carboxylic acids is 1. The molecule has 0 unspecified atom stereocenters. The second-order valence-electron chi connectivity index (χ2n) is 4.28. The summed E-state index contributed by atoms with van der Waals surface area (Å²) in [5.41, 5.74) is 1.82. The zero-order valence-corrected chi connectivity index (χ0v) is 11.1. The zero-order chi connectivity index (χ0) is 14.0. The average molecular weight is 313 g/mol. The van der Waals surface area contributed by atoms with Gasteiger partial charge in [-0.1, -0.05) is 0 Å². The Morgan fingerprint density at radius 1 is 1.35 bits per heavy atom. The van der Waals surface area contributed by atoms with Gasteiger partial charge in [-0.2, -0.15) is 8.78 Å². The maximum atomic E-state index is 12.8. The molecule has 0 spiro atoms. The quantitative estimate of drug-likeness (QED) is 0.841. The summed E-state index contributed by atoms with van der Waals surface area (Å²) in [6, 6.07) is 4.54. The van der Waals surface area contributed by atoms with Gasteiger partial charge in [0.25, 0.3) is 0 Å². The van der Waals surface area contributed by atoms with Crippen LogP contribution in [0.4, 0.5) is 28.9 Å². The maximum Gasteiger partial charge on any atom is 0.383 e. The topological polar surface area (TPSA) is 41.1 Å². The largest absolute Gasteiger partial charge is 0.385 e. The second kappa shape index (κ2) is 6.30. The first kappa shape index (κ1) is 16.6. The van der Waals surface area contributed by atoms with E-state index in [2.05, 4.69) is 5.32 Å². The van der Waals surface area contributed by atoms with Crippen molar-refractivity contribution in [3.05, 3.63) is 23.8 Å². The van der Waals surface area contributed by atoms with Crippen LogP contribution in [0.25, 0.3) is 0 Å². The van der Waals surface area contributed by atoms with Crippen molar-refractivity contribution in [2.75, 3.05) is 17.2 Å². The van der Waals surface area contributed by atoms with Crippen LogP contribution in [0.2, 0.25) is 0 Å². The third-order valence-corrected chi connectivity index (χ3v) is 2.88. The molecule has 20 heavy (non-hydrogen) atoms. The molecule has 2 rings (SSSR count). The van der Waals surface area contributed by atoms with Crippen molar-refractivity contribution in [3.63, 3.8) is 0 Å². The molecule has 0 atom stereocenters. The summed E-state index contributed by atoms with van der Waals surface area (Å²) >= 11 is 0. The van der Waals surface area contributed by atoms with Crippen molar-refractivity contribution in [2.45, 2.75) is 25.2 Å². The van der Waals surface area contributed by atoms with Gasteiger partial charge in [-0.05, 0) is 36.6 Å². The molecule has 1 aromatic carbocycles. The molecule has 1 amide bonds. The first-order valence-electron chi connectivity index (χ1n) is 5.75. The van der Waals surface area contributed by atoms with Crippen molar-refractivity contribution >= 4 is 29.7 Å². The molecule has 0 aromatic heterocycles. The molecule has 0 bridgehead atoms. The van der Waals surface area contributed by atoms with Crippen molar-refractivity contribution in [1.29, 1.82) is 0 Å². The Balaban J connectivity index is 0.00000200. The van der Waals surface area contributed by atoms with Crippen molar-refractivity contribution in [1.82, 2.24) is 0 Å². The number of carbonyl (C=O) groups is 1. The van der Waals surface area contributed by atoms with Gasteiger partial charge in [-0.3, -0.25) is 4.79 Å². The summed E-state index contributed by atoms with van der Waals surface area (Å²) in [7, 11) is 0. The number of fused-ring (bicyclic) bond motifs is 1. The number of hydrogen-bond donors (Lipinski definition) is 2. The summed E-state index contributed by atoms with van der Waals surface area (Å²) in [4.78, 5) is 11.1. The fourth-order valence-corrected chi connectivity index (χ4v) is 1.87. The van der Waals surface area contributed by atoms with Gasteiger partial charge in [-0.25, -0.2) is 8.78 Å². The van der Waals surface area contributed by atoms with E-state index in [9.17, 15) is 22.4 Å². The smallest absolute Gasteiger partial charge is 0.383 e. The lowest BCUT2D eigenvalue weighted by molar-refractivity contribution is -0.163. The van der Waals surface area contributed by atoms with Crippen molar-refractivity contribution in [2.24, 2.45) is 0 Å². The molecule has 0 saturated carbocycles. The van der Waals surface area contributed by atoms with Crippen LogP contribution >= 0.6 is 12.4 Å². The first-order valence-corrected chi connectivity index (χ1v) is 5.75. The number of aryl methyl sites for hydroxylation is 1. The van der Waals surface area contributed by atoms with Crippen LogP contribution < -0.4 is 10.6 Å². The molecule has 1 aromatic rings. The van der Waals surface area contributed by atoms with Crippen LogP contribution in [0.5, 0.6) is 0 Å². The Morgan fingerprint density at radius 2 is 2.05 bits per heavy atom. The highest BCUT2D eigenvalue weighted by molar-refractivity contribution is 5.96. The summed E-state index contributed by atoms with van der Waals surface area (Å²) in [5, 5.41) is 4.93. The molecule has 3 nitrogen and oxygen atoms in total. The second-order valence-corrected chi connectivity index (χ2v) is 4.28. The molecular weight excluding hydrogens is 300 g/mol. The molecule has 1 heterocycles. The molecule has 0 fully saturated rings. The molecule has 112 valence electrons. The fourth-order valence-electron chi connectivity index (χ4n) is 1.87. The van der Waals surface area contributed by atoms with Gasteiger partial charge in [0.2, 0.25) is 0 Å². The van der Waals surface area contributed by atoms with Gasteiger partial charge in [0.1, 0.15) is 0 Å². The third-order valence-electron chi connectivity index (χ3n) is 2.88. The number of halogens is 5. The predicted octanol–water partition coefficient (Wildman–Crippen LogP) is 3.31. The van der Waals surface area contributed by atoms with Gasteiger partial charge < -0.3 is 10.6 Å². The molecule has 0 saturated heterocycles. The Labute approximate surface area is 119 Å². The van der Waals surface area contributed by atoms with Crippen LogP contribution in [0, 0.1) is 0 Å². The van der Waals surface area contributed by atoms with E-state index in [1.165, 1.54) is 12.1 Å². The lowest BCUT2D eigenvalue weighted by Crippen LogP contribution is -2.41. The molecule has 2 N–H and O–H groups in total. The van der Waals surface area contributed by atoms with Crippen LogP contribution in [-0.4, -0.2) is 24.8 Å². The number of anilines is 2. The summed E-state index contributed by atoms with van der Waals surface area (Å²) in [6.45, 7) is 0.822. The Morgan fingerprint density at radius 3 is 2.70 bits per heavy atom. The van der Waals surface area contributed by atoms with E-state index >= 15 is 0 Å². The lowest BCUT2D eigenvalue weighted by atomic mass is 10.0. The van der Waals surface area contributed by atoms with Gasteiger partial charge in [0.15, 0.2) is 0 Å². The van der Waals surface area contributed by atoms with E-state index < -0.39 is 18.3 Å². The highest BCUT2D eigenvalue weighted by atomic mass is 35.5. The van der Waals surface area contributed by atoms with Gasteiger partial charge >= 0.3 is 18.3 Å². The van der Waals surface area contributed by atoms with E-state index in [1.54, 1.807) is 6.07 Å². The SMILES string of the molecule is Cl.O=C(Nc1ccc2c(c1)CCCN2)C(F)(F)C(F)F. The molecule has 0 aliphatic carbocycles. The highest BCUT2D eigenvalue weighted by Gasteiger charge is 2.48. The van der Waals surface area contributed by atoms with Crippen LogP contribution in [-0.2, 0) is 11.2 Å². The van der Waals surface area contributed by atoms with Gasteiger partial charge in [0.05, 0.1) is 0 Å². The predicted molar refractivity (Wildman–Crippen MR) is 70.1 cm³/mol. The number of rotatable bonds is 3. The van der Waals surface area contributed by atoms with E-state index in [1.807, 2.05) is 5.32 Å². The van der Waals surface area contributed by atoms with E-state index in [4.69, 9.17) is 0 Å². The van der Waals surface area contributed by atoms with Crippen LogP contribution in [0.15, 0.2) is 18.2 Å². The number of hydrogen-bond acceptors (Lipinski definition) is 2. The molecule has 0 radical (unpaired) electrons. The van der Waals surface area contributed by atoms with E-state index in [-0.39, 0.29) is 18.1 Å². The highest BCUT2D eigenvalue weighted by Crippen LogP contribution is 2.28. The van der Waals surface area contributed by atoms with E-state index in [0.29, 0.717) is 0 Å². The van der Waals surface area contributed by atoms with Gasteiger partial charge in [0, 0.05) is 17.9 Å². The third kappa shape index (κ3) is 3.33. The first-order chi connectivity index (χ1) is 8.91. The number of benzene rings is 1. The normalized spacial score (nSPS) is 14.1. The average Bonchev–Trinajstić information content (AvgIpc) is 2.38. The Bertz CT molecular complexity index is 496. The molecule has 8 heteroatoms. The zero-order valence-electron chi connectivity index (χ0n) is 10.3. The monoisotopic (exact) mass is 312 g/mol. The minimum atomic E-state index is -4.69. The minimum Gasteiger partial charge on any atom is -0.385 e. The lowest BCUT2D eigenvalue weighted by Gasteiger charge is -2.20.